The summed E-state index contributed by atoms with van der Waals surface area (Å²) < 4.78 is 27.6. The van der Waals surface area contributed by atoms with Crippen molar-refractivity contribution in [2.45, 2.75) is 53.4 Å². The number of ether oxygens (including phenoxy) is 5. The lowest BCUT2D eigenvalue weighted by Gasteiger charge is -2.32. The molecule has 0 aliphatic heterocycles. The molecule has 0 spiro atoms. The lowest BCUT2D eigenvalue weighted by molar-refractivity contribution is -0.173. The van der Waals surface area contributed by atoms with Crippen LogP contribution in [0.15, 0.2) is 84.4 Å². The van der Waals surface area contributed by atoms with Gasteiger partial charge in [0.15, 0.2) is 16.6 Å². The summed E-state index contributed by atoms with van der Waals surface area (Å²) in [5.74, 6) is -3.45. The van der Waals surface area contributed by atoms with Crippen LogP contribution >= 0.6 is 0 Å². The molecule has 0 unspecified atom stereocenters. The molecule has 0 heterocycles. The van der Waals surface area contributed by atoms with Gasteiger partial charge in [-0.2, -0.15) is 0 Å². The number of Topliss-reactive ketones (excluding diaryl/α,β-unsaturated/α-hetero) is 1. The van der Waals surface area contributed by atoms with Crippen LogP contribution in [0.2, 0.25) is 0 Å². The van der Waals surface area contributed by atoms with E-state index in [2.05, 4.69) is 0 Å². The Labute approximate surface area is 292 Å². The van der Waals surface area contributed by atoms with Crippen molar-refractivity contribution in [2.24, 2.45) is 10.8 Å². The number of carbonyl (C=O) groups excluding carboxylic acids is 5. The first-order valence-electron chi connectivity index (χ1n) is 16.8. The average Bonchev–Trinajstić information content (AvgIpc) is 3.37. The molecular formula is C40H44O10. The number of hydrogen-bond donors (Lipinski definition) is 0. The molecule has 0 saturated heterocycles. The molecule has 0 N–H and O–H groups in total. The number of carbonyl (C=O) groups is 5. The third kappa shape index (κ3) is 7.80. The highest BCUT2D eigenvalue weighted by molar-refractivity contribution is 6.22. The Morgan fingerprint density at radius 1 is 0.520 bits per heavy atom. The first-order chi connectivity index (χ1) is 24.1. The quantitative estimate of drug-likeness (QED) is 0.0929. The number of esters is 4. The van der Waals surface area contributed by atoms with E-state index in [1.807, 2.05) is 12.1 Å². The van der Waals surface area contributed by atoms with Crippen LogP contribution in [0.5, 0.6) is 5.75 Å². The maximum Gasteiger partial charge on any atom is 0.324 e. The molecule has 3 aromatic carbocycles. The van der Waals surface area contributed by atoms with Crippen LogP contribution in [0.4, 0.5) is 0 Å². The van der Waals surface area contributed by atoms with Gasteiger partial charge in [-0.05, 0) is 74.9 Å². The van der Waals surface area contributed by atoms with Crippen molar-refractivity contribution in [3.05, 3.63) is 107 Å². The van der Waals surface area contributed by atoms with Crippen LogP contribution in [0.25, 0.3) is 5.57 Å². The Morgan fingerprint density at radius 2 is 0.920 bits per heavy atom. The highest BCUT2D eigenvalue weighted by Gasteiger charge is 2.54. The number of rotatable bonds is 17. The summed E-state index contributed by atoms with van der Waals surface area (Å²) in [7, 11) is 1.47. The molecule has 1 aliphatic rings. The highest BCUT2D eigenvalue weighted by Crippen LogP contribution is 2.48. The number of methoxy groups -OCH3 is 1. The minimum Gasteiger partial charge on any atom is -0.497 e. The van der Waals surface area contributed by atoms with E-state index in [9.17, 15) is 24.0 Å². The number of hydrogen-bond acceptors (Lipinski definition) is 10. The van der Waals surface area contributed by atoms with Crippen molar-refractivity contribution in [3.63, 3.8) is 0 Å². The van der Waals surface area contributed by atoms with E-state index in [4.69, 9.17) is 23.7 Å². The number of ketones is 1. The van der Waals surface area contributed by atoms with Crippen LogP contribution in [0.3, 0.4) is 0 Å². The summed E-state index contributed by atoms with van der Waals surface area (Å²) >= 11 is 0. The number of allylic oxidation sites excluding steroid dienone is 2. The minimum absolute atomic E-state index is 0.0146. The largest absolute Gasteiger partial charge is 0.497 e. The lowest BCUT2D eigenvalue weighted by Crippen LogP contribution is -2.45. The second kappa shape index (κ2) is 16.9. The Morgan fingerprint density at radius 3 is 1.30 bits per heavy atom. The molecule has 0 amide bonds. The smallest absolute Gasteiger partial charge is 0.324 e. The van der Waals surface area contributed by atoms with Gasteiger partial charge in [-0.15, -0.1) is 0 Å². The third-order valence-corrected chi connectivity index (χ3v) is 8.75. The highest BCUT2D eigenvalue weighted by atomic mass is 16.6. The SMILES string of the molecule is CCOC(=O)C(CC1=C(CC(Cc2ccccc2)(C(=O)OCC)C(=O)OCC)c2ccc(OC)cc2C1=O)(Cc1ccccc1)C(=O)OCC. The molecule has 264 valence electrons. The standard InChI is InChI=1S/C40H44O10/c1-6-47-35(42)39(36(43)48-7-2,23-27-16-12-10-13-17-27)25-32-30-21-20-29(46-5)22-31(30)34(41)33(32)26-40(37(44)49-8-3,38(45)50-9-4)24-28-18-14-11-15-19-28/h10-22H,6-9,23-26H2,1-5H3. The Kier molecular flexibility index (Phi) is 12.7. The monoisotopic (exact) mass is 684 g/mol. The maximum atomic E-state index is 14.6. The zero-order valence-electron chi connectivity index (χ0n) is 29.2. The summed E-state index contributed by atoms with van der Waals surface area (Å²) in [5.41, 5.74) is -1.61. The summed E-state index contributed by atoms with van der Waals surface area (Å²) in [6, 6.07) is 22.8. The molecule has 0 saturated carbocycles. The zero-order chi connectivity index (χ0) is 36.3. The molecule has 1 aliphatic carbocycles. The van der Waals surface area contributed by atoms with Crippen LogP contribution in [-0.4, -0.2) is 63.2 Å². The lowest BCUT2D eigenvalue weighted by atomic mass is 9.72. The third-order valence-electron chi connectivity index (χ3n) is 8.75. The Hall–Kier alpha value is -5.25. The summed E-state index contributed by atoms with van der Waals surface area (Å²) in [6.45, 7) is 6.44. The van der Waals surface area contributed by atoms with Gasteiger partial charge in [0.2, 0.25) is 0 Å². The zero-order valence-corrected chi connectivity index (χ0v) is 29.2. The Balaban J connectivity index is 2.03. The fraction of sp³-hybridized carbons (Fsp3) is 0.375. The maximum absolute atomic E-state index is 14.6. The summed E-state index contributed by atoms with van der Waals surface area (Å²) in [6.07, 6.45) is -1.00. The second-order valence-electron chi connectivity index (χ2n) is 11.9. The Bertz CT molecular complexity index is 1690. The molecule has 10 nitrogen and oxygen atoms in total. The summed E-state index contributed by atoms with van der Waals surface area (Å²) in [4.78, 5) is 70.8. The van der Waals surface area contributed by atoms with E-state index >= 15 is 0 Å². The molecule has 3 aromatic rings. The van der Waals surface area contributed by atoms with Crippen molar-refractivity contribution in [2.75, 3.05) is 33.5 Å². The van der Waals surface area contributed by atoms with Crippen molar-refractivity contribution in [3.8, 4) is 5.75 Å². The molecule has 10 heteroatoms. The number of benzene rings is 3. The van der Waals surface area contributed by atoms with Crippen molar-refractivity contribution >= 4 is 35.2 Å². The molecule has 0 aromatic heterocycles. The van der Waals surface area contributed by atoms with E-state index in [0.717, 1.165) is 0 Å². The topological polar surface area (TPSA) is 132 Å². The minimum atomic E-state index is -1.99. The van der Waals surface area contributed by atoms with Gasteiger partial charge >= 0.3 is 23.9 Å². The fourth-order valence-corrected chi connectivity index (χ4v) is 6.39. The van der Waals surface area contributed by atoms with E-state index in [1.165, 1.54) is 7.11 Å². The average molecular weight is 685 g/mol. The number of fused-ring (bicyclic) bond motifs is 1. The molecule has 50 heavy (non-hydrogen) atoms. The van der Waals surface area contributed by atoms with Gasteiger partial charge in [-0.1, -0.05) is 66.7 Å². The molecule has 0 radical (unpaired) electrons. The summed E-state index contributed by atoms with van der Waals surface area (Å²) in [5, 5.41) is 0. The van der Waals surface area contributed by atoms with Crippen molar-refractivity contribution < 1.29 is 47.7 Å². The van der Waals surface area contributed by atoms with Gasteiger partial charge in [-0.3, -0.25) is 24.0 Å². The van der Waals surface area contributed by atoms with Gasteiger partial charge < -0.3 is 23.7 Å². The molecule has 0 bridgehead atoms. The molecule has 0 fully saturated rings. The first kappa shape index (κ1) is 37.6. The van der Waals surface area contributed by atoms with Gasteiger partial charge in [0.05, 0.1) is 33.5 Å². The predicted molar refractivity (Wildman–Crippen MR) is 185 cm³/mol. The normalized spacial score (nSPS) is 12.6. The van der Waals surface area contributed by atoms with E-state index in [0.29, 0.717) is 28.0 Å². The first-order valence-corrected chi connectivity index (χ1v) is 16.8. The van der Waals surface area contributed by atoms with Crippen LogP contribution in [0.1, 0.15) is 67.6 Å². The predicted octanol–water partition coefficient (Wildman–Crippen LogP) is 6.14. The van der Waals surface area contributed by atoms with Crippen LogP contribution in [-0.2, 0) is 51.0 Å². The van der Waals surface area contributed by atoms with Crippen LogP contribution < -0.4 is 4.74 Å². The molecule has 4 rings (SSSR count). The molecule has 0 atom stereocenters. The van der Waals surface area contributed by atoms with Gasteiger partial charge in [0.1, 0.15) is 5.75 Å². The van der Waals surface area contributed by atoms with E-state index in [1.54, 1.807) is 94.4 Å². The van der Waals surface area contributed by atoms with E-state index < -0.39 is 46.9 Å². The van der Waals surface area contributed by atoms with E-state index in [-0.39, 0.29) is 56.8 Å². The van der Waals surface area contributed by atoms with Crippen LogP contribution in [0, 0.1) is 10.8 Å². The van der Waals surface area contributed by atoms with Gasteiger partial charge in [0.25, 0.3) is 0 Å². The second-order valence-corrected chi connectivity index (χ2v) is 11.9. The fourth-order valence-electron chi connectivity index (χ4n) is 6.39. The van der Waals surface area contributed by atoms with Gasteiger partial charge in [-0.25, -0.2) is 0 Å². The molecular weight excluding hydrogens is 640 g/mol. The van der Waals surface area contributed by atoms with Crippen molar-refractivity contribution in [1.82, 2.24) is 0 Å². The van der Waals surface area contributed by atoms with Gasteiger partial charge in [0, 0.05) is 24.0 Å². The van der Waals surface area contributed by atoms with Crippen molar-refractivity contribution in [1.29, 1.82) is 0 Å².